The van der Waals surface area contributed by atoms with Crippen molar-refractivity contribution in [2.45, 2.75) is 59.0 Å². The van der Waals surface area contributed by atoms with Crippen molar-refractivity contribution in [2.24, 2.45) is 7.05 Å². The van der Waals surface area contributed by atoms with Crippen molar-refractivity contribution in [3.8, 4) is 0 Å². The quantitative estimate of drug-likeness (QED) is 0.783. The Hall–Kier alpha value is -0.870. The van der Waals surface area contributed by atoms with Crippen LogP contribution in [0.15, 0.2) is 0 Å². The Balaban J connectivity index is 2.77. The summed E-state index contributed by atoms with van der Waals surface area (Å²) >= 11 is 0. The standard InChI is InChI=1S/C14H27N3O/c1-6-13(15-10(2)8-7-9-18)14-11(3)16-17(5)12(14)4/h10,13,15,18H,6-9H2,1-5H3. The van der Waals surface area contributed by atoms with Gasteiger partial charge < -0.3 is 10.4 Å². The first-order valence-electron chi connectivity index (χ1n) is 6.88. The van der Waals surface area contributed by atoms with Gasteiger partial charge in [-0.05, 0) is 40.0 Å². The second-order valence-electron chi connectivity index (χ2n) is 5.10. The maximum atomic E-state index is 8.87. The summed E-state index contributed by atoms with van der Waals surface area (Å²) < 4.78 is 1.95. The van der Waals surface area contributed by atoms with Crippen molar-refractivity contribution < 1.29 is 5.11 Å². The minimum atomic E-state index is 0.272. The van der Waals surface area contributed by atoms with Crippen LogP contribution < -0.4 is 5.32 Å². The molecule has 0 aliphatic carbocycles. The van der Waals surface area contributed by atoms with E-state index in [9.17, 15) is 0 Å². The predicted molar refractivity (Wildman–Crippen MR) is 74.6 cm³/mol. The highest BCUT2D eigenvalue weighted by atomic mass is 16.2. The van der Waals surface area contributed by atoms with Gasteiger partial charge in [0, 0.05) is 37.0 Å². The molecular formula is C14H27N3O. The Morgan fingerprint density at radius 3 is 2.50 bits per heavy atom. The Morgan fingerprint density at radius 1 is 1.39 bits per heavy atom. The Morgan fingerprint density at radius 2 is 2.06 bits per heavy atom. The molecule has 0 aliphatic rings. The number of nitrogens with one attached hydrogen (secondary N) is 1. The molecule has 0 bridgehead atoms. The van der Waals surface area contributed by atoms with Gasteiger partial charge in [0.2, 0.25) is 0 Å². The molecule has 4 nitrogen and oxygen atoms in total. The largest absolute Gasteiger partial charge is 0.396 e. The van der Waals surface area contributed by atoms with Crippen LogP contribution in [0.1, 0.15) is 56.1 Å². The van der Waals surface area contributed by atoms with Crippen LogP contribution in [0.3, 0.4) is 0 Å². The molecule has 0 fully saturated rings. The summed E-state index contributed by atoms with van der Waals surface area (Å²) in [4.78, 5) is 0. The normalized spacial score (nSPS) is 14.8. The van der Waals surface area contributed by atoms with E-state index in [1.807, 2.05) is 11.7 Å². The molecule has 2 unspecified atom stereocenters. The minimum Gasteiger partial charge on any atom is -0.396 e. The van der Waals surface area contributed by atoms with Crippen molar-refractivity contribution in [3.05, 3.63) is 17.0 Å². The fraction of sp³-hybridized carbons (Fsp3) is 0.786. The number of hydrogen-bond donors (Lipinski definition) is 2. The van der Waals surface area contributed by atoms with E-state index in [4.69, 9.17) is 5.11 Å². The van der Waals surface area contributed by atoms with Crippen molar-refractivity contribution in [1.29, 1.82) is 0 Å². The molecule has 4 heteroatoms. The number of hydrogen-bond acceptors (Lipinski definition) is 3. The number of aliphatic hydroxyl groups is 1. The van der Waals surface area contributed by atoms with Crippen LogP contribution in [0.25, 0.3) is 0 Å². The highest BCUT2D eigenvalue weighted by molar-refractivity contribution is 5.28. The van der Waals surface area contributed by atoms with Gasteiger partial charge in [0.05, 0.1) is 5.69 Å². The third kappa shape index (κ3) is 3.56. The first kappa shape index (κ1) is 15.2. The summed E-state index contributed by atoms with van der Waals surface area (Å²) in [6.45, 7) is 8.85. The molecule has 0 radical (unpaired) electrons. The van der Waals surface area contributed by atoms with E-state index in [1.54, 1.807) is 0 Å². The number of aromatic nitrogens is 2. The van der Waals surface area contributed by atoms with Gasteiger partial charge in [-0.25, -0.2) is 0 Å². The maximum Gasteiger partial charge on any atom is 0.0644 e. The number of rotatable bonds is 7. The molecule has 1 rings (SSSR count). The summed E-state index contributed by atoms with van der Waals surface area (Å²) in [5.74, 6) is 0. The summed E-state index contributed by atoms with van der Waals surface area (Å²) in [5.41, 5.74) is 3.68. The minimum absolute atomic E-state index is 0.272. The summed E-state index contributed by atoms with van der Waals surface area (Å²) in [6.07, 6.45) is 2.91. The van der Waals surface area contributed by atoms with Crippen molar-refractivity contribution in [1.82, 2.24) is 15.1 Å². The monoisotopic (exact) mass is 253 g/mol. The van der Waals surface area contributed by atoms with E-state index in [-0.39, 0.29) is 6.61 Å². The van der Waals surface area contributed by atoms with Crippen LogP contribution in [-0.2, 0) is 7.05 Å². The first-order valence-corrected chi connectivity index (χ1v) is 6.88. The molecule has 2 N–H and O–H groups in total. The topological polar surface area (TPSA) is 50.1 Å². The molecule has 104 valence electrons. The molecule has 0 saturated heterocycles. The van der Waals surface area contributed by atoms with Crippen LogP contribution in [0.5, 0.6) is 0 Å². The molecule has 1 heterocycles. The maximum absolute atomic E-state index is 8.87. The van der Waals surface area contributed by atoms with Gasteiger partial charge in [-0.3, -0.25) is 4.68 Å². The smallest absolute Gasteiger partial charge is 0.0644 e. The summed E-state index contributed by atoms with van der Waals surface area (Å²) in [5, 5.41) is 17.0. The molecule has 0 amide bonds. The molecule has 0 saturated carbocycles. The Labute approximate surface area is 110 Å². The van der Waals surface area contributed by atoms with E-state index in [0.717, 1.165) is 25.0 Å². The van der Waals surface area contributed by atoms with Gasteiger partial charge in [0.25, 0.3) is 0 Å². The average molecular weight is 253 g/mol. The van der Waals surface area contributed by atoms with E-state index in [2.05, 4.69) is 38.1 Å². The lowest BCUT2D eigenvalue weighted by Crippen LogP contribution is -2.31. The third-order valence-corrected chi connectivity index (χ3v) is 3.60. The lowest BCUT2D eigenvalue weighted by molar-refractivity contribution is 0.273. The lowest BCUT2D eigenvalue weighted by atomic mass is 10.0. The Bertz CT molecular complexity index is 373. The fourth-order valence-electron chi connectivity index (χ4n) is 2.52. The number of aryl methyl sites for hydroxylation is 2. The summed E-state index contributed by atoms with van der Waals surface area (Å²) in [7, 11) is 1.99. The van der Waals surface area contributed by atoms with Crippen LogP contribution in [0.2, 0.25) is 0 Å². The van der Waals surface area contributed by atoms with Crippen LogP contribution in [0.4, 0.5) is 0 Å². The molecule has 18 heavy (non-hydrogen) atoms. The van der Waals surface area contributed by atoms with Gasteiger partial charge in [-0.1, -0.05) is 6.92 Å². The average Bonchev–Trinajstić information content (AvgIpc) is 2.58. The highest BCUT2D eigenvalue weighted by Gasteiger charge is 2.19. The highest BCUT2D eigenvalue weighted by Crippen LogP contribution is 2.24. The van der Waals surface area contributed by atoms with Gasteiger partial charge in [0.1, 0.15) is 0 Å². The third-order valence-electron chi connectivity index (χ3n) is 3.60. The van der Waals surface area contributed by atoms with E-state index >= 15 is 0 Å². The van der Waals surface area contributed by atoms with Crippen molar-refractivity contribution >= 4 is 0 Å². The Kier molecular flexibility index (Phi) is 5.82. The SMILES string of the molecule is CCC(NC(C)CCCO)c1c(C)nn(C)c1C. The zero-order valence-corrected chi connectivity index (χ0v) is 12.3. The number of aliphatic hydroxyl groups excluding tert-OH is 1. The molecule has 1 aromatic heterocycles. The molecule has 0 spiro atoms. The number of nitrogens with zero attached hydrogens (tertiary/aromatic N) is 2. The van der Waals surface area contributed by atoms with Crippen LogP contribution >= 0.6 is 0 Å². The second kappa shape index (κ2) is 6.90. The van der Waals surface area contributed by atoms with E-state index < -0.39 is 0 Å². The van der Waals surface area contributed by atoms with Gasteiger partial charge in [-0.15, -0.1) is 0 Å². The fourth-order valence-corrected chi connectivity index (χ4v) is 2.52. The van der Waals surface area contributed by atoms with Gasteiger partial charge in [0.15, 0.2) is 0 Å². The van der Waals surface area contributed by atoms with Crippen molar-refractivity contribution in [3.63, 3.8) is 0 Å². The van der Waals surface area contributed by atoms with Gasteiger partial charge >= 0.3 is 0 Å². The summed E-state index contributed by atoms with van der Waals surface area (Å²) in [6, 6.07) is 0.772. The molecular weight excluding hydrogens is 226 g/mol. The zero-order chi connectivity index (χ0) is 13.7. The lowest BCUT2D eigenvalue weighted by Gasteiger charge is -2.23. The van der Waals surface area contributed by atoms with E-state index in [0.29, 0.717) is 12.1 Å². The predicted octanol–water partition coefficient (Wildman–Crippen LogP) is 2.24. The van der Waals surface area contributed by atoms with Crippen LogP contribution in [0, 0.1) is 13.8 Å². The van der Waals surface area contributed by atoms with E-state index in [1.165, 1.54) is 11.3 Å². The zero-order valence-electron chi connectivity index (χ0n) is 12.3. The first-order chi connectivity index (χ1) is 8.51. The molecule has 0 aromatic carbocycles. The van der Waals surface area contributed by atoms with Crippen LogP contribution in [-0.4, -0.2) is 27.5 Å². The molecule has 1 aromatic rings. The van der Waals surface area contributed by atoms with Gasteiger partial charge in [-0.2, -0.15) is 5.10 Å². The molecule has 0 aliphatic heterocycles. The second-order valence-corrected chi connectivity index (χ2v) is 5.10. The molecule has 2 atom stereocenters. The van der Waals surface area contributed by atoms with Crippen molar-refractivity contribution in [2.75, 3.05) is 6.61 Å².